The number of thioether (sulfide) groups is 1. The second-order valence-electron chi connectivity index (χ2n) is 8.70. The molecule has 2 aliphatic rings. The molecule has 5 rings (SSSR count). The number of methoxy groups -OCH3 is 2. The highest BCUT2D eigenvalue weighted by Crippen LogP contribution is 2.41. The van der Waals surface area contributed by atoms with Crippen LogP contribution in [-0.4, -0.2) is 49.2 Å². The quantitative estimate of drug-likeness (QED) is 0.271. The Bertz CT molecular complexity index is 1490. The Morgan fingerprint density at radius 2 is 1.67 bits per heavy atom. The summed E-state index contributed by atoms with van der Waals surface area (Å²) in [4.78, 5) is 18.8. The van der Waals surface area contributed by atoms with Gasteiger partial charge in [0.1, 0.15) is 24.8 Å². The zero-order valence-electron chi connectivity index (χ0n) is 21.8. The molecule has 0 radical (unpaired) electrons. The van der Waals surface area contributed by atoms with Crippen LogP contribution in [0.2, 0.25) is 0 Å². The Kier molecular flexibility index (Phi) is 7.69. The number of carbonyl (C=O) groups is 1. The number of amidine groups is 2. The molecular formula is C30H27N3O5S. The van der Waals surface area contributed by atoms with E-state index in [1.807, 2.05) is 66.9 Å². The predicted octanol–water partition coefficient (Wildman–Crippen LogP) is 5.77. The molecule has 0 saturated heterocycles. The number of benzene rings is 3. The highest BCUT2D eigenvalue weighted by molar-refractivity contribution is 8.17. The lowest BCUT2D eigenvalue weighted by molar-refractivity contribution is -0.114. The monoisotopic (exact) mass is 541 g/mol. The van der Waals surface area contributed by atoms with Crippen LogP contribution in [0, 0.1) is 12.3 Å². The zero-order valence-corrected chi connectivity index (χ0v) is 22.6. The first-order valence-electron chi connectivity index (χ1n) is 12.2. The Balaban J connectivity index is 1.37. The Hall–Kier alpha value is -4.50. The summed E-state index contributed by atoms with van der Waals surface area (Å²) in [5.74, 6) is 1.62. The van der Waals surface area contributed by atoms with Gasteiger partial charge >= 0.3 is 0 Å². The van der Waals surface area contributed by atoms with E-state index in [1.54, 1.807) is 23.1 Å². The van der Waals surface area contributed by atoms with Gasteiger partial charge in [0.15, 0.2) is 16.7 Å². The molecule has 9 heteroatoms. The van der Waals surface area contributed by atoms with Gasteiger partial charge in [-0.2, -0.15) is 4.99 Å². The second kappa shape index (κ2) is 11.5. The second-order valence-corrected chi connectivity index (χ2v) is 9.53. The molecule has 39 heavy (non-hydrogen) atoms. The minimum Gasteiger partial charge on any atom is -0.493 e. The number of rotatable bonds is 9. The number of hydrogen-bond acceptors (Lipinski definition) is 7. The molecule has 0 spiro atoms. The lowest BCUT2D eigenvalue weighted by atomic mass is 10.1. The summed E-state index contributed by atoms with van der Waals surface area (Å²) in [6, 6.07) is 21.0. The van der Waals surface area contributed by atoms with Gasteiger partial charge in [-0.05, 0) is 54.0 Å². The van der Waals surface area contributed by atoms with E-state index in [0.29, 0.717) is 34.6 Å². The SMILES string of the molecule is COc1cc(C=C2C(=N)N3C(c4ccccc4)=CSC3=NC2=O)cc(OC)c1OCCOc1cccc(C)c1. The number of amides is 1. The fraction of sp³-hybridized carbons (Fsp3) is 0.167. The van der Waals surface area contributed by atoms with Crippen molar-refractivity contribution >= 4 is 40.4 Å². The van der Waals surface area contributed by atoms with E-state index in [4.69, 9.17) is 24.4 Å². The molecule has 0 aromatic heterocycles. The fourth-order valence-electron chi connectivity index (χ4n) is 4.22. The van der Waals surface area contributed by atoms with Crippen molar-refractivity contribution in [2.75, 3.05) is 27.4 Å². The van der Waals surface area contributed by atoms with Gasteiger partial charge in [-0.25, -0.2) is 0 Å². The fourth-order valence-corrected chi connectivity index (χ4v) is 5.10. The molecule has 1 N–H and O–H groups in total. The minimum absolute atomic E-state index is 0.0525. The number of ether oxygens (including phenoxy) is 4. The first-order chi connectivity index (χ1) is 19.0. The summed E-state index contributed by atoms with van der Waals surface area (Å²) in [5.41, 5.74) is 3.62. The van der Waals surface area contributed by atoms with Crippen molar-refractivity contribution in [3.05, 3.63) is 94.4 Å². The molecule has 2 heterocycles. The third kappa shape index (κ3) is 5.53. The number of nitrogens with zero attached hydrogens (tertiary/aromatic N) is 2. The van der Waals surface area contributed by atoms with Gasteiger partial charge in [0.25, 0.3) is 5.91 Å². The standard InChI is InChI=1S/C30H27N3O5S/c1-19-8-7-11-22(14-19)37-12-13-38-27-25(35-2)16-20(17-26(27)36-3)15-23-28(31)33-24(21-9-5-4-6-10-21)18-39-30(33)32-29(23)34/h4-11,14-18,31H,12-13H2,1-3H3. The summed E-state index contributed by atoms with van der Waals surface area (Å²) in [6.45, 7) is 2.61. The van der Waals surface area contributed by atoms with Crippen molar-refractivity contribution < 1.29 is 23.7 Å². The molecule has 3 aromatic carbocycles. The van der Waals surface area contributed by atoms with Gasteiger partial charge < -0.3 is 18.9 Å². The van der Waals surface area contributed by atoms with E-state index < -0.39 is 5.91 Å². The lowest BCUT2D eigenvalue weighted by Gasteiger charge is -2.27. The lowest BCUT2D eigenvalue weighted by Crippen LogP contribution is -2.38. The molecule has 3 aromatic rings. The number of aryl methyl sites for hydroxylation is 1. The molecule has 0 fully saturated rings. The van der Waals surface area contributed by atoms with Crippen molar-refractivity contribution in [1.29, 1.82) is 5.41 Å². The number of carbonyl (C=O) groups excluding carboxylic acids is 1. The zero-order chi connectivity index (χ0) is 27.4. The topological polar surface area (TPSA) is 93.4 Å². The molecular weight excluding hydrogens is 514 g/mol. The highest BCUT2D eigenvalue weighted by atomic mass is 32.2. The van der Waals surface area contributed by atoms with Crippen molar-refractivity contribution in [3.8, 4) is 23.0 Å². The molecule has 0 saturated carbocycles. The van der Waals surface area contributed by atoms with Gasteiger partial charge in [0.05, 0.1) is 25.5 Å². The maximum absolute atomic E-state index is 12.9. The van der Waals surface area contributed by atoms with Gasteiger partial charge in [-0.3, -0.25) is 15.1 Å². The largest absolute Gasteiger partial charge is 0.493 e. The van der Waals surface area contributed by atoms with Crippen LogP contribution < -0.4 is 18.9 Å². The van der Waals surface area contributed by atoms with Crippen LogP contribution in [0.4, 0.5) is 0 Å². The maximum Gasteiger partial charge on any atom is 0.283 e. The van der Waals surface area contributed by atoms with Gasteiger partial charge in [0, 0.05) is 5.41 Å². The average Bonchev–Trinajstić information content (AvgIpc) is 3.37. The van der Waals surface area contributed by atoms with Crippen molar-refractivity contribution in [2.45, 2.75) is 6.92 Å². The Morgan fingerprint density at radius 1 is 0.949 bits per heavy atom. The molecule has 0 unspecified atom stereocenters. The van der Waals surface area contributed by atoms with Crippen LogP contribution in [0.5, 0.6) is 23.0 Å². The van der Waals surface area contributed by atoms with Crippen LogP contribution in [0.3, 0.4) is 0 Å². The number of aliphatic imine (C=N–C) groups is 1. The van der Waals surface area contributed by atoms with E-state index in [-0.39, 0.29) is 18.0 Å². The van der Waals surface area contributed by atoms with Crippen LogP contribution in [0.1, 0.15) is 16.7 Å². The highest BCUT2D eigenvalue weighted by Gasteiger charge is 2.36. The summed E-state index contributed by atoms with van der Waals surface area (Å²) in [7, 11) is 3.06. The van der Waals surface area contributed by atoms with E-state index >= 15 is 0 Å². The van der Waals surface area contributed by atoms with Gasteiger partial charge in [-0.1, -0.05) is 54.2 Å². The maximum atomic E-state index is 12.9. The number of hydrogen-bond donors (Lipinski definition) is 1. The first-order valence-corrected chi connectivity index (χ1v) is 13.1. The predicted molar refractivity (Wildman–Crippen MR) is 154 cm³/mol. The molecule has 0 aliphatic carbocycles. The summed E-state index contributed by atoms with van der Waals surface area (Å²) >= 11 is 1.33. The van der Waals surface area contributed by atoms with Crippen LogP contribution in [0.15, 0.2) is 82.7 Å². The average molecular weight is 542 g/mol. The number of nitrogens with one attached hydrogen (secondary N) is 1. The van der Waals surface area contributed by atoms with E-state index in [9.17, 15) is 4.79 Å². The molecule has 0 bridgehead atoms. The van der Waals surface area contributed by atoms with Crippen LogP contribution in [-0.2, 0) is 4.79 Å². The van der Waals surface area contributed by atoms with Gasteiger partial charge in [0.2, 0.25) is 5.75 Å². The first kappa shape index (κ1) is 26.1. The Labute approximate surface area is 231 Å². The summed E-state index contributed by atoms with van der Waals surface area (Å²) in [5, 5.41) is 11.2. The van der Waals surface area contributed by atoms with E-state index in [0.717, 1.165) is 22.6 Å². The third-order valence-corrected chi connectivity index (χ3v) is 6.89. The smallest absolute Gasteiger partial charge is 0.283 e. The third-order valence-electron chi connectivity index (χ3n) is 6.07. The van der Waals surface area contributed by atoms with Crippen molar-refractivity contribution in [1.82, 2.24) is 4.90 Å². The Morgan fingerprint density at radius 3 is 2.36 bits per heavy atom. The van der Waals surface area contributed by atoms with E-state index in [2.05, 4.69) is 4.99 Å². The van der Waals surface area contributed by atoms with Crippen molar-refractivity contribution in [2.24, 2.45) is 4.99 Å². The molecule has 8 nitrogen and oxygen atoms in total. The van der Waals surface area contributed by atoms with Crippen LogP contribution in [0.25, 0.3) is 11.8 Å². The minimum atomic E-state index is -0.479. The normalized spacial score (nSPS) is 15.6. The van der Waals surface area contributed by atoms with Crippen molar-refractivity contribution in [3.63, 3.8) is 0 Å². The molecule has 0 atom stereocenters. The van der Waals surface area contributed by atoms with E-state index in [1.165, 1.54) is 26.0 Å². The molecule has 198 valence electrons. The molecule has 2 aliphatic heterocycles. The summed E-state index contributed by atoms with van der Waals surface area (Å²) in [6.07, 6.45) is 1.62. The van der Waals surface area contributed by atoms with Gasteiger partial charge in [-0.15, -0.1) is 0 Å². The van der Waals surface area contributed by atoms with Crippen LogP contribution >= 0.6 is 11.8 Å². The summed E-state index contributed by atoms with van der Waals surface area (Å²) < 4.78 is 22.9. The number of fused-ring (bicyclic) bond motifs is 1. The molecule has 1 amide bonds.